The van der Waals surface area contributed by atoms with Crippen LogP contribution in [0.5, 0.6) is 0 Å². The summed E-state index contributed by atoms with van der Waals surface area (Å²) in [5.41, 5.74) is 0.950. The highest BCUT2D eigenvalue weighted by atomic mass is 79.9. The molecule has 76 valence electrons. The number of carbonyl (C=O) groups excluding carboxylic acids is 1. The maximum absolute atomic E-state index is 11.8. The van der Waals surface area contributed by atoms with Gasteiger partial charge in [0.15, 0.2) is 0 Å². The summed E-state index contributed by atoms with van der Waals surface area (Å²) in [4.78, 5) is 13.4. The SMILES string of the molecule is CCN(C(=O)C(C)Br)c1ccccc1. The lowest BCUT2D eigenvalue weighted by Crippen LogP contribution is -2.35. The summed E-state index contributed by atoms with van der Waals surface area (Å²) in [6, 6.07) is 9.70. The number of amides is 1. The molecule has 14 heavy (non-hydrogen) atoms. The van der Waals surface area contributed by atoms with Crippen molar-refractivity contribution in [2.75, 3.05) is 11.4 Å². The quantitative estimate of drug-likeness (QED) is 0.761. The van der Waals surface area contributed by atoms with E-state index in [4.69, 9.17) is 0 Å². The fourth-order valence-electron chi connectivity index (χ4n) is 1.29. The van der Waals surface area contributed by atoms with Crippen molar-refractivity contribution in [1.29, 1.82) is 0 Å². The lowest BCUT2D eigenvalue weighted by molar-refractivity contribution is -0.117. The van der Waals surface area contributed by atoms with Crippen LogP contribution in [0.15, 0.2) is 30.3 Å². The molecule has 0 aromatic heterocycles. The second-order valence-electron chi connectivity index (χ2n) is 3.03. The van der Waals surface area contributed by atoms with Crippen LogP contribution in [-0.4, -0.2) is 17.3 Å². The number of hydrogen-bond donors (Lipinski definition) is 0. The second-order valence-corrected chi connectivity index (χ2v) is 4.41. The Kier molecular flexibility index (Phi) is 4.14. The highest BCUT2D eigenvalue weighted by Crippen LogP contribution is 2.15. The molecule has 0 saturated heterocycles. The first-order valence-corrected chi connectivity index (χ1v) is 5.59. The van der Waals surface area contributed by atoms with Crippen molar-refractivity contribution in [3.8, 4) is 0 Å². The monoisotopic (exact) mass is 255 g/mol. The molecule has 0 spiro atoms. The zero-order valence-electron chi connectivity index (χ0n) is 8.40. The van der Waals surface area contributed by atoms with Crippen LogP contribution in [0, 0.1) is 0 Å². The Balaban J connectivity index is 2.88. The van der Waals surface area contributed by atoms with E-state index < -0.39 is 0 Å². The normalized spacial score (nSPS) is 12.2. The highest BCUT2D eigenvalue weighted by molar-refractivity contribution is 9.10. The zero-order chi connectivity index (χ0) is 10.6. The Labute approximate surface area is 93.0 Å². The Morgan fingerprint density at radius 1 is 1.43 bits per heavy atom. The van der Waals surface area contributed by atoms with E-state index in [9.17, 15) is 4.79 Å². The van der Waals surface area contributed by atoms with E-state index in [1.54, 1.807) is 4.90 Å². The molecule has 3 heteroatoms. The summed E-state index contributed by atoms with van der Waals surface area (Å²) >= 11 is 3.29. The van der Waals surface area contributed by atoms with Crippen LogP contribution < -0.4 is 4.90 Å². The van der Waals surface area contributed by atoms with Crippen LogP contribution in [0.1, 0.15) is 13.8 Å². The lowest BCUT2D eigenvalue weighted by atomic mass is 10.2. The fraction of sp³-hybridized carbons (Fsp3) is 0.364. The van der Waals surface area contributed by atoms with Gasteiger partial charge in [0, 0.05) is 12.2 Å². The first kappa shape index (κ1) is 11.2. The second kappa shape index (κ2) is 5.15. The van der Waals surface area contributed by atoms with Gasteiger partial charge in [-0.25, -0.2) is 0 Å². The maximum atomic E-state index is 11.8. The average molecular weight is 256 g/mol. The summed E-state index contributed by atoms with van der Waals surface area (Å²) in [6.07, 6.45) is 0. The fourth-order valence-corrected chi connectivity index (χ4v) is 1.54. The Morgan fingerprint density at radius 3 is 2.43 bits per heavy atom. The van der Waals surface area contributed by atoms with Crippen molar-refractivity contribution in [3.63, 3.8) is 0 Å². The molecule has 0 aliphatic heterocycles. The van der Waals surface area contributed by atoms with Crippen LogP contribution in [0.2, 0.25) is 0 Å². The van der Waals surface area contributed by atoms with Gasteiger partial charge in [-0.05, 0) is 26.0 Å². The summed E-state index contributed by atoms with van der Waals surface area (Å²) in [7, 11) is 0. The third-order valence-corrected chi connectivity index (χ3v) is 2.38. The van der Waals surface area contributed by atoms with E-state index >= 15 is 0 Å². The molecule has 0 aliphatic rings. The van der Waals surface area contributed by atoms with E-state index in [0.29, 0.717) is 6.54 Å². The van der Waals surface area contributed by atoms with Gasteiger partial charge in [0.25, 0.3) is 0 Å². The minimum atomic E-state index is -0.136. The molecule has 0 aliphatic carbocycles. The first-order chi connectivity index (χ1) is 6.66. The summed E-state index contributed by atoms with van der Waals surface area (Å²) < 4.78 is 0. The predicted octanol–water partition coefficient (Wildman–Crippen LogP) is 2.82. The van der Waals surface area contributed by atoms with E-state index in [1.807, 2.05) is 44.2 Å². The number of para-hydroxylation sites is 1. The zero-order valence-corrected chi connectivity index (χ0v) is 9.99. The molecule has 0 fully saturated rings. The molecule has 0 saturated carbocycles. The van der Waals surface area contributed by atoms with Gasteiger partial charge in [0.05, 0.1) is 4.83 Å². The van der Waals surface area contributed by atoms with Crippen molar-refractivity contribution in [2.24, 2.45) is 0 Å². The number of nitrogens with zero attached hydrogens (tertiary/aromatic N) is 1. The van der Waals surface area contributed by atoms with Crippen LogP contribution in [0.4, 0.5) is 5.69 Å². The van der Waals surface area contributed by atoms with Gasteiger partial charge in [0.1, 0.15) is 0 Å². The molecule has 1 aromatic rings. The van der Waals surface area contributed by atoms with Crippen molar-refractivity contribution in [3.05, 3.63) is 30.3 Å². The van der Waals surface area contributed by atoms with Crippen molar-refractivity contribution in [2.45, 2.75) is 18.7 Å². The number of halogens is 1. The molecule has 0 N–H and O–H groups in total. The molecule has 1 rings (SSSR count). The van der Waals surface area contributed by atoms with Gasteiger partial charge in [-0.3, -0.25) is 4.79 Å². The standard InChI is InChI=1S/C11H14BrNO/c1-3-13(11(14)9(2)12)10-7-5-4-6-8-10/h4-9H,3H2,1-2H3. The van der Waals surface area contributed by atoms with E-state index in [2.05, 4.69) is 15.9 Å². The Bertz CT molecular complexity index is 297. The van der Waals surface area contributed by atoms with Gasteiger partial charge in [-0.1, -0.05) is 34.1 Å². The largest absolute Gasteiger partial charge is 0.312 e. The van der Waals surface area contributed by atoms with E-state index in [1.165, 1.54) is 0 Å². The summed E-state index contributed by atoms with van der Waals surface area (Å²) in [5.74, 6) is 0.0960. The van der Waals surface area contributed by atoms with Gasteiger partial charge < -0.3 is 4.90 Å². The molecule has 0 heterocycles. The van der Waals surface area contributed by atoms with Gasteiger partial charge in [-0.2, -0.15) is 0 Å². The minimum Gasteiger partial charge on any atom is -0.312 e. The van der Waals surface area contributed by atoms with Crippen LogP contribution in [0.3, 0.4) is 0 Å². The number of alkyl halides is 1. The van der Waals surface area contributed by atoms with E-state index in [0.717, 1.165) is 5.69 Å². The Morgan fingerprint density at radius 2 is 2.00 bits per heavy atom. The molecule has 2 nitrogen and oxygen atoms in total. The maximum Gasteiger partial charge on any atom is 0.240 e. The third kappa shape index (κ3) is 2.58. The molecule has 1 unspecified atom stereocenters. The van der Waals surface area contributed by atoms with E-state index in [-0.39, 0.29) is 10.7 Å². The number of carbonyl (C=O) groups is 1. The van der Waals surface area contributed by atoms with Gasteiger partial charge >= 0.3 is 0 Å². The van der Waals surface area contributed by atoms with Gasteiger partial charge in [-0.15, -0.1) is 0 Å². The van der Waals surface area contributed by atoms with Crippen LogP contribution >= 0.6 is 15.9 Å². The summed E-state index contributed by atoms with van der Waals surface area (Å²) in [5, 5.41) is 0. The first-order valence-electron chi connectivity index (χ1n) is 4.67. The predicted molar refractivity (Wildman–Crippen MR) is 62.9 cm³/mol. The van der Waals surface area contributed by atoms with Crippen molar-refractivity contribution >= 4 is 27.5 Å². The van der Waals surface area contributed by atoms with Crippen molar-refractivity contribution in [1.82, 2.24) is 0 Å². The lowest BCUT2D eigenvalue weighted by Gasteiger charge is -2.22. The molecular formula is C11H14BrNO. The minimum absolute atomic E-state index is 0.0960. The van der Waals surface area contributed by atoms with Crippen LogP contribution in [0.25, 0.3) is 0 Å². The smallest absolute Gasteiger partial charge is 0.240 e. The molecule has 0 bridgehead atoms. The topological polar surface area (TPSA) is 20.3 Å². The van der Waals surface area contributed by atoms with Crippen molar-refractivity contribution < 1.29 is 4.79 Å². The van der Waals surface area contributed by atoms with Crippen LogP contribution in [-0.2, 0) is 4.79 Å². The number of anilines is 1. The Hall–Kier alpha value is -0.830. The number of hydrogen-bond acceptors (Lipinski definition) is 1. The van der Waals surface area contributed by atoms with Gasteiger partial charge in [0.2, 0.25) is 5.91 Å². The molecular weight excluding hydrogens is 242 g/mol. The third-order valence-electron chi connectivity index (χ3n) is 1.99. The number of rotatable bonds is 3. The molecule has 1 amide bonds. The molecule has 0 radical (unpaired) electrons. The summed E-state index contributed by atoms with van der Waals surface area (Å²) in [6.45, 7) is 4.51. The number of benzene rings is 1. The molecule has 1 atom stereocenters. The molecule has 1 aromatic carbocycles. The highest BCUT2D eigenvalue weighted by Gasteiger charge is 2.17. The average Bonchev–Trinajstić information content (AvgIpc) is 2.20.